The molecule has 3 heteroatoms. The molecule has 3 N–H and O–H groups in total. The van der Waals surface area contributed by atoms with Gasteiger partial charge >= 0.3 is 0 Å². The van der Waals surface area contributed by atoms with E-state index >= 15 is 0 Å². The van der Waals surface area contributed by atoms with Gasteiger partial charge in [-0.15, -0.1) is 0 Å². The average molecular weight is 276 g/mol. The summed E-state index contributed by atoms with van der Waals surface area (Å²) in [5, 5.41) is 0. The van der Waals surface area contributed by atoms with Crippen molar-refractivity contribution >= 4 is 0 Å². The third kappa shape index (κ3) is 3.60. The Labute approximate surface area is 122 Å². The van der Waals surface area contributed by atoms with Gasteiger partial charge in [0.1, 0.15) is 0 Å². The van der Waals surface area contributed by atoms with Gasteiger partial charge in [-0.2, -0.15) is 0 Å². The molecule has 1 aliphatic rings. The van der Waals surface area contributed by atoms with Gasteiger partial charge in [0, 0.05) is 13.2 Å². The van der Waals surface area contributed by atoms with Crippen molar-refractivity contribution in [2.24, 2.45) is 5.84 Å². The molecule has 1 aliphatic carbocycles. The summed E-state index contributed by atoms with van der Waals surface area (Å²) in [6.07, 6.45) is 7.21. The van der Waals surface area contributed by atoms with Gasteiger partial charge in [-0.1, -0.05) is 37.6 Å². The fourth-order valence-corrected chi connectivity index (χ4v) is 3.50. The molecule has 112 valence electrons. The Bertz CT molecular complexity index is 408. The maximum absolute atomic E-state index is 5.79. The maximum Gasteiger partial charge on any atom is 0.0737 e. The summed E-state index contributed by atoms with van der Waals surface area (Å²) in [5.41, 5.74) is 6.03. The predicted molar refractivity (Wildman–Crippen MR) is 83.6 cm³/mol. The third-order valence-corrected chi connectivity index (χ3v) is 4.57. The van der Waals surface area contributed by atoms with Crippen LogP contribution in [0, 0.1) is 0 Å². The minimum atomic E-state index is 0.207. The lowest BCUT2D eigenvalue weighted by molar-refractivity contribution is 0.0551. The summed E-state index contributed by atoms with van der Waals surface area (Å²) >= 11 is 0. The van der Waals surface area contributed by atoms with Crippen molar-refractivity contribution in [1.82, 2.24) is 5.43 Å². The second-order valence-corrected chi connectivity index (χ2v) is 5.86. The number of nitrogens with two attached hydrogens (primary N) is 1. The zero-order valence-electron chi connectivity index (χ0n) is 12.8. The first-order valence-electron chi connectivity index (χ1n) is 7.86. The minimum Gasteiger partial charge on any atom is -0.380 e. The van der Waals surface area contributed by atoms with Crippen molar-refractivity contribution in [2.45, 2.75) is 63.5 Å². The first kappa shape index (κ1) is 15.5. The van der Waals surface area contributed by atoms with E-state index in [1.54, 1.807) is 7.11 Å². The smallest absolute Gasteiger partial charge is 0.0737 e. The van der Waals surface area contributed by atoms with Crippen LogP contribution in [0.3, 0.4) is 0 Å². The van der Waals surface area contributed by atoms with E-state index in [0.717, 1.165) is 19.3 Å². The van der Waals surface area contributed by atoms with Crippen LogP contribution in [0.4, 0.5) is 0 Å². The Hall–Kier alpha value is -0.900. The van der Waals surface area contributed by atoms with Crippen LogP contribution in [-0.2, 0) is 11.2 Å². The van der Waals surface area contributed by atoms with Crippen molar-refractivity contribution < 1.29 is 4.74 Å². The van der Waals surface area contributed by atoms with E-state index in [4.69, 9.17) is 10.6 Å². The molecule has 3 atom stereocenters. The van der Waals surface area contributed by atoms with E-state index in [0.29, 0.717) is 5.92 Å². The van der Waals surface area contributed by atoms with E-state index in [1.807, 2.05) is 0 Å². The molecule has 1 aromatic carbocycles. The number of rotatable bonds is 7. The van der Waals surface area contributed by atoms with Crippen LogP contribution in [0.25, 0.3) is 0 Å². The normalized spacial score (nSPS) is 21.2. The molecule has 0 aromatic heterocycles. The number of fused-ring (bicyclic) bond motifs is 1. The standard InChI is InChI=1S/C17H28N2O/c1-3-7-17(20-2)16(19-18)12-14-10-6-9-13-8-4-5-11-15(13)14/h4-5,8,11,14,16-17,19H,3,6-7,9-10,12,18H2,1-2H3. The number of nitrogens with one attached hydrogen (secondary N) is 1. The highest BCUT2D eigenvalue weighted by Crippen LogP contribution is 2.35. The Kier molecular flexibility index (Phi) is 6.02. The van der Waals surface area contributed by atoms with Crippen molar-refractivity contribution in [3.8, 4) is 0 Å². The molecule has 2 rings (SSSR count). The number of aryl methyl sites for hydroxylation is 1. The zero-order valence-corrected chi connectivity index (χ0v) is 12.8. The van der Waals surface area contributed by atoms with E-state index in [2.05, 4.69) is 36.6 Å². The summed E-state index contributed by atoms with van der Waals surface area (Å²) in [6, 6.07) is 9.09. The van der Waals surface area contributed by atoms with Crippen LogP contribution in [0.2, 0.25) is 0 Å². The van der Waals surface area contributed by atoms with E-state index in [1.165, 1.54) is 30.4 Å². The van der Waals surface area contributed by atoms with Gasteiger partial charge in [-0.3, -0.25) is 11.3 Å². The lowest BCUT2D eigenvalue weighted by atomic mass is 9.78. The number of benzene rings is 1. The third-order valence-electron chi connectivity index (χ3n) is 4.57. The van der Waals surface area contributed by atoms with Gasteiger partial charge in [-0.05, 0) is 49.1 Å². The summed E-state index contributed by atoms with van der Waals surface area (Å²) < 4.78 is 5.63. The average Bonchev–Trinajstić information content (AvgIpc) is 2.50. The SMILES string of the molecule is CCCC(OC)C(CC1CCCc2ccccc21)NN. The molecule has 3 unspecified atom stereocenters. The highest BCUT2D eigenvalue weighted by molar-refractivity contribution is 5.32. The molecular weight excluding hydrogens is 248 g/mol. The van der Waals surface area contributed by atoms with E-state index < -0.39 is 0 Å². The molecule has 3 nitrogen and oxygen atoms in total. The zero-order chi connectivity index (χ0) is 14.4. The number of ether oxygens (including phenoxy) is 1. The lowest BCUT2D eigenvalue weighted by Crippen LogP contribution is -2.45. The van der Waals surface area contributed by atoms with Crippen LogP contribution in [0.5, 0.6) is 0 Å². The monoisotopic (exact) mass is 276 g/mol. The summed E-state index contributed by atoms with van der Waals surface area (Å²) in [6.45, 7) is 2.19. The molecule has 0 aliphatic heterocycles. The summed E-state index contributed by atoms with van der Waals surface area (Å²) in [7, 11) is 1.79. The predicted octanol–water partition coefficient (Wildman–Crippen LogP) is 3.14. The van der Waals surface area contributed by atoms with Crippen molar-refractivity contribution in [3.63, 3.8) is 0 Å². The molecule has 20 heavy (non-hydrogen) atoms. The van der Waals surface area contributed by atoms with Crippen LogP contribution in [-0.4, -0.2) is 19.3 Å². The fraction of sp³-hybridized carbons (Fsp3) is 0.647. The molecule has 0 radical (unpaired) electrons. The Morgan fingerprint density at radius 3 is 2.90 bits per heavy atom. The Balaban J connectivity index is 2.08. The topological polar surface area (TPSA) is 47.3 Å². The molecule has 0 fully saturated rings. The quantitative estimate of drug-likeness (QED) is 0.594. The molecular formula is C17H28N2O. The van der Waals surface area contributed by atoms with Crippen LogP contribution in [0.1, 0.15) is 56.1 Å². The van der Waals surface area contributed by atoms with E-state index in [9.17, 15) is 0 Å². The molecule has 0 bridgehead atoms. The molecule has 0 heterocycles. The molecule has 0 amide bonds. The van der Waals surface area contributed by atoms with Gasteiger partial charge < -0.3 is 4.74 Å². The van der Waals surface area contributed by atoms with Gasteiger partial charge in [0.25, 0.3) is 0 Å². The van der Waals surface area contributed by atoms with Crippen molar-refractivity contribution in [3.05, 3.63) is 35.4 Å². The van der Waals surface area contributed by atoms with Crippen LogP contribution >= 0.6 is 0 Å². The van der Waals surface area contributed by atoms with E-state index in [-0.39, 0.29) is 12.1 Å². The summed E-state index contributed by atoms with van der Waals surface area (Å²) in [4.78, 5) is 0. The van der Waals surface area contributed by atoms with Gasteiger partial charge in [0.15, 0.2) is 0 Å². The number of hydrazine groups is 1. The van der Waals surface area contributed by atoms with Crippen molar-refractivity contribution in [2.75, 3.05) is 7.11 Å². The fourth-order valence-electron chi connectivity index (χ4n) is 3.50. The van der Waals surface area contributed by atoms with Gasteiger partial charge in [0.05, 0.1) is 6.10 Å². The van der Waals surface area contributed by atoms with Gasteiger partial charge in [-0.25, -0.2) is 0 Å². The Morgan fingerprint density at radius 1 is 1.40 bits per heavy atom. The molecule has 0 saturated heterocycles. The number of hydrogen-bond acceptors (Lipinski definition) is 3. The van der Waals surface area contributed by atoms with Gasteiger partial charge in [0.2, 0.25) is 0 Å². The lowest BCUT2D eigenvalue weighted by Gasteiger charge is -2.32. The largest absolute Gasteiger partial charge is 0.380 e. The Morgan fingerprint density at radius 2 is 2.20 bits per heavy atom. The summed E-state index contributed by atoms with van der Waals surface area (Å²) in [5.74, 6) is 6.39. The highest BCUT2D eigenvalue weighted by atomic mass is 16.5. The second kappa shape index (κ2) is 7.77. The van der Waals surface area contributed by atoms with Crippen molar-refractivity contribution in [1.29, 1.82) is 0 Å². The maximum atomic E-state index is 5.79. The number of hydrogen-bond donors (Lipinski definition) is 2. The minimum absolute atomic E-state index is 0.207. The van der Waals surface area contributed by atoms with Crippen LogP contribution < -0.4 is 11.3 Å². The first-order chi connectivity index (χ1) is 9.80. The highest BCUT2D eigenvalue weighted by Gasteiger charge is 2.27. The van der Waals surface area contributed by atoms with Crippen LogP contribution in [0.15, 0.2) is 24.3 Å². The molecule has 0 spiro atoms. The molecule has 1 aromatic rings. The second-order valence-electron chi connectivity index (χ2n) is 5.86. The first-order valence-corrected chi connectivity index (χ1v) is 7.86. The number of methoxy groups -OCH3 is 1. The molecule has 0 saturated carbocycles.